The standard InChI is InChI=1S/C30H29FN2O3/c1-20-4-6-22(7-5-20)27-19-36-29-18-28(35-3)25(17-26(27)29)21(2)16-30(34)33-14-12-32(13-15-33)24-10-8-23(31)9-11-24/h4-11,16-19H,12-15H2,1-3H3/b21-16+. The molecule has 0 atom stereocenters. The first kappa shape index (κ1) is 23.7. The molecule has 184 valence electrons. The fourth-order valence-electron chi connectivity index (χ4n) is 4.68. The number of aryl methyl sites for hydroxylation is 1. The van der Waals surface area contributed by atoms with Crippen LogP contribution in [0, 0.1) is 12.7 Å². The van der Waals surface area contributed by atoms with E-state index >= 15 is 0 Å². The van der Waals surface area contributed by atoms with Crippen molar-refractivity contribution in [2.75, 3.05) is 38.2 Å². The van der Waals surface area contributed by atoms with Crippen LogP contribution in [0.4, 0.5) is 10.1 Å². The average Bonchev–Trinajstić information content (AvgIpc) is 3.31. The number of methoxy groups -OCH3 is 1. The van der Waals surface area contributed by atoms with Gasteiger partial charge in [0.1, 0.15) is 17.1 Å². The van der Waals surface area contributed by atoms with Crippen LogP contribution < -0.4 is 9.64 Å². The summed E-state index contributed by atoms with van der Waals surface area (Å²) in [6.07, 6.45) is 3.45. The van der Waals surface area contributed by atoms with Gasteiger partial charge in [0.2, 0.25) is 5.91 Å². The van der Waals surface area contributed by atoms with Crippen LogP contribution >= 0.6 is 0 Å². The van der Waals surface area contributed by atoms with Gasteiger partial charge in [-0.2, -0.15) is 0 Å². The van der Waals surface area contributed by atoms with E-state index in [1.807, 2.05) is 24.0 Å². The number of amides is 1. The zero-order valence-electron chi connectivity index (χ0n) is 20.8. The SMILES string of the molecule is COc1cc2occ(-c3ccc(C)cc3)c2cc1/C(C)=C/C(=O)N1CCN(c2ccc(F)cc2)CC1. The second kappa shape index (κ2) is 9.90. The van der Waals surface area contributed by atoms with Gasteiger partial charge in [-0.1, -0.05) is 29.8 Å². The predicted octanol–water partition coefficient (Wildman–Crippen LogP) is 6.31. The van der Waals surface area contributed by atoms with Crippen LogP contribution in [-0.4, -0.2) is 44.1 Å². The minimum atomic E-state index is -0.247. The maximum Gasteiger partial charge on any atom is 0.246 e. The van der Waals surface area contributed by atoms with Gasteiger partial charge >= 0.3 is 0 Å². The number of halogens is 1. The molecule has 6 heteroatoms. The third-order valence-corrected chi connectivity index (χ3v) is 6.81. The quantitative estimate of drug-likeness (QED) is 0.312. The molecule has 1 aliphatic rings. The smallest absolute Gasteiger partial charge is 0.246 e. The zero-order chi connectivity index (χ0) is 25.2. The van der Waals surface area contributed by atoms with Crippen molar-refractivity contribution in [3.63, 3.8) is 0 Å². The molecule has 0 spiro atoms. The summed E-state index contributed by atoms with van der Waals surface area (Å²) in [7, 11) is 1.62. The third-order valence-electron chi connectivity index (χ3n) is 6.81. The maximum absolute atomic E-state index is 13.2. The van der Waals surface area contributed by atoms with Crippen molar-refractivity contribution in [1.29, 1.82) is 0 Å². The number of anilines is 1. The van der Waals surface area contributed by atoms with Crippen LogP contribution in [0.25, 0.3) is 27.7 Å². The Morgan fingerprint density at radius 3 is 2.36 bits per heavy atom. The van der Waals surface area contributed by atoms with Gasteiger partial charge in [-0.3, -0.25) is 4.79 Å². The van der Waals surface area contributed by atoms with Gasteiger partial charge in [-0.25, -0.2) is 4.39 Å². The number of nitrogens with zero attached hydrogens (tertiary/aromatic N) is 2. The number of carbonyl (C=O) groups excluding carboxylic acids is 1. The molecule has 0 N–H and O–H groups in total. The molecular weight excluding hydrogens is 455 g/mol. The molecule has 0 bridgehead atoms. The Labute approximate surface area is 210 Å². The molecule has 1 saturated heterocycles. The van der Waals surface area contributed by atoms with Crippen LogP contribution in [0.1, 0.15) is 18.1 Å². The lowest BCUT2D eigenvalue weighted by molar-refractivity contribution is -0.126. The molecule has 0 aliphatic carbocycles. The maximum atomic E-state index is 13.2. The van der Waals surface area contributed by atoms with E-state index < -0.39 is 0 Å². The molecule has 1 aliphatic heterocycles. The van der Waals surface area contributed by atoms with Crippen molar-refractivity contribution in [1.82, 2.24) is 4.90 Å². The van der Waals surface area contributed by atoms with Gasteiger partial charge in [0.15, 0.2) is 0 Å². The zero-order valence-corrected chi connectivity index (χ0v) is 20.8. The van der Waals surface area contributed by atoms with Crippen LogP contribution in [-0.2, 0) is 4.79 Å². The number of piperazine rings is 1. The summed E-state index contributed by atoms with van der Waals surface area (Å²) in [4.78, 5) is 17.1. The van der Waals surface area contributed by atoms with E-state index in [1.54, 1.807) is 31.6 Å². The van der Waals surface area contributed by atoms with E-state index in [9.17, 15) is 9.18 Å². The normalized spacial score (nSPS) is 14.4. The highest BCUT2D eigenvalue weighted by Gasteiger charge is 2.21. The first-order valence-corrected chi connectivity index (χ1v) is 12.1. The third kappa shape index (κ3) is 4.71. The summed E-state index contributed by atoms with van der Waals surface area (Å²) in [6, 6.07) is 18.7. The number of ether oxygens (including phenoxy) is 1. The summed E-state index contributed by atoms with van der Waals surface area (Å²) in [5.41, 5.74) is 6.68. The molecule has 5 nitrogen and oxygen atoms in total. The number of benzene rings is 3. The average molecular weight is 485 g/mol. The predicted molar refractivity (Wildman–Crippen MR) is 142 cm³/mol. The van der Waals surface area contributed by atoms with E-state index in [4.69, 9.17) is 9.15 Å². The number of fused-ring (bicyclic) bond motifs is 1. The minimum Gasteiger partial charge on any atom is -0.496 e. The van der Waals surface area contributed by atoms with Gasteiger partial charge in [-0.05, 0) is 55.3 Å². The van der Waals surface area contributed by atoms with Crippen molar-refractivity contribution in [3.8, 4) is 16.9 Å². The number of carbonyl (C=O) groups is 1. The molecule has 36 heavy (non-hydrogen) atoms. The highest BCUT2D eigenvalue weighted by Crippen LogP contribution is 2.37. The van der Waals surface area contributed by atoms with E-state index in [0.29, 0.717) is 31.9 Å². The van der Waals surface area contributed by atoms with Gasteiger partial charge in [0.05, 0.1) is 13.4 Å². The van der Waals surface area contributed by atoms with Crippen molar-refractivity contribution >= 4 is 28.1 Å². The fourth-order valence-corrected chi connectivity index (χ4v) is 4.68. The van der Waals surface area contributed by atoms with Crippen LogP contribution in [0.3, 0.4) is 0 Å². The summed E-state index contributed by atoms with van der Waals surface area (Å²) in [6.45, 7) is 6.61. The minimum absolute atomic E-state index is 0.0284. The number of allylic oxidation sites excluding steroid dienone is 1. The Morgan fingerprint density at radius 2 is 1.69 bits per heavy atom. The Balaban J connectivity index is 1.37. The Kier molecular flexibility index (Phi) is 6.51. The first-order chi connectivity index (χ1) is 17.4. The van der Waals surface area contributed by atoms with E-state index in [0.717, 1.165) is 38.9 Å². The van der Waals surface area contributed by atoms with E-state index in [2.05, 4.69) is 36.1 Å². The Bertz CT molecular complexity index is 1410. The number of rotatable bonds is 5. The second-order valence-electron chi connectivity index (χ2n) is 9.18. The summed E-state index contributed by atoms with van der Waals surface area (Å²) >= 11 is 0. The van der Waals surface area contributed by atoms with Crippen LogP contribution in [0.5, 0.6) is 5.75 Å². The Morgan fingerprint density at radius 1 is 1.00 bits per heavy atom. The summed E-state index contributed by atoms with van der Waals surface area (Å²) < 4.78 is 24.7. The lowest BCUT2D eigenvalue weighted by Crippen LogP contribution is -2.48. The highest BCUT2D eigenvalue weighted by molar-refractivity contribution is 6.00. The monoisotopic (exact) mass is 484 g/mol. The van der Waals surface area contributed by atoms with Gasteiger partial charge < -0.3 is 19.0 Å². The van der Waals surface area contributed by atoms with Crippen molar-refractivity contribution in [2.24, 2.45) is 0 Å². The molecule has 1 fully saturated rings. The lowest BCUT2D eigenvalue weighted by atomic mass is 9.98. The molecule has 0 radical (unpaired) electrons. The molecule has 0 saturated carbocycles. The largest absolute Gasteiger partial charge is 0.496 e. The molecule has 5 rings (SSSR count). The molecule has 1 amide bonds. The molecule has 1 aromatic heterocycles. The fraction of sp³-hybridized carbons (Fsp3) is 0.233. The molecular formula is C30H29FN2O3. The van der Waals surface area contributed by atoms with Gasteiger partial charge in [0, 0.05) is 60.5 Å². The van der Waals surface area contributed by atoms with E-state index in [-0.39, 0.29) is 11.7 Å². The lowest BCUT2D eigenvalue weighted by Gasteiger charge is -2.35. The van der Waals surface area contributed by atoms with Gasteiger partial charge in [0.25, 0.3) is 0 Å². The van der Waals surface area contributed by atoms with Crippen molar-refractivity contribution in [2.45, 2.75) is 13.8 Å². The summed E-state index contributed by atoms with van der Waals surface area (Å²) in [5, 5.41) is 0.975. The Hall–Kier alpha value is -4.06. The van der Waals surface area contributed by atoms with Crippen molar-refractivity contribution in [3.05, 3.63) is 89.9 Å². The highest BCUT2D eigenvalue weighted by atomic mass is 19.1. The summed E-state index contributed by atoms with van der Waals surface area (Å²) in [5.74, 6) is 0.387. The topological polar surface area (TPSA) is 45.9 Å². The number of hydrogen-bond acceptors (Lipinski definition) is 4. The molecule has 3 aromatic carbocycles. The molecule has 2 heterocycles. The number of furan rings is 1. The van der Waals surface area contributed by atoms with Crippen LogP contribution in [0.2, 0.25) is 0 Å². The van der Waals surface area contributed by atoms with Crippen LogP contribution in [0.15, 0.2) is 77.4 Å². The van der Waals surface area contributed by atoms with Crippen molar-refractivity contribution < 1.29 is 18.3 Å². The second-order valence-corrected chi connectivity index (χ2v) is 9.18. The molecule has 0 unspecified atom stereocenters. The van der Waals surface area contributed by atoms with E-state index in [1.165, 1.54) is 17.7 Å². The van der Waals surface area contributed by atoms with Gasteiger partial charge in [-0.15, -0.1) is 0 Å². The number of hydrogen-bond donors (Lipinski definition) is 0. The molecule has 4 aromatic rings. The first-order valence-electron chi connectivity index (χ1n) is 12.1.